The van der Waals surface area contributed by atoms with E-state index >= 15 is 0 Å². The minimum atomic E-state index is -1.48. The van der Waals surface area contributed by atoms with Crippen LogP contribution in [0.15, 0.2) is 53.5 Å². The number of rotatable bonds is 7. The van der Waals surface area contributed by atoms with Gasteiger partial charge in [-0.1, -0.05) is 36.4 Å². The van der Waals surface area contributed by atoms with E-state index in [4.69, 9.17) is 23.7 Å². The van der Waals surface area contributed by atoms with Crippen molar-refractivity contribution >= 4 is 46.3 Å². The molecule has 1 N–H and O–H groups in total. The summed E-state index contributed by atoms with van der Waals surface area (Å²) in [5.41, 5.74) is 0.663. The summed E-state index contributed by atoms with van der Waals surface area (Å²) in [6.45, 7) is 4.09. The molecule has 5 rings (SSSR count). The number of hydrogen-bond acceptors (Lipinski definition) is 11. The summed E-state index contributed by atoms with van der Waals surface area (Å²) in [7, 11) is 0. The van der Waals surface area contributed by atoms with E-state index in [-0.39, 0.29) is 11.1 Å². The van der Waals surface area contributed by atoms with E-state index in [1.807, 2.05) is 0 Å². The molecule has 2 aromatic carbocycles. The molecule has 43 heavy (non-hydrogen) atoms. The molecule has 2 aliphatic heterocycles. The Morgan fingerprint density at radius 3 is 2.12 bits per heavy atom. The van der Waals surface area contributed by atoms with Crippen LogP contribution in [0.1, 0.15) is 39.5 Å². The number of hydrogen-bond donors (Lipinski definition) is 1. The Labute approximate surface area is 244 Å². The van der Waals surface area contributed by atoms with Crippen molar-refractivity contribution in [3.8, 4) is 5.88 Å². The third-order valence-corrected chi connectivity index (χ3v) is 6.96. The van der Waals surface area contributed by atoms with E-state index in [0.717, 1.165) is 20.8 Å². The molecule has 5 unspecified atom stereocenters. The topological polar surface area (TPSA) is 169 Å². The van der Waals surface area contributed by atoms with E-state index in [9.17, 15) is 29.1 Å². The monoisotopic (exact) mass is 592 g/mol. The van der Waals surface area contributed by atoms with Gasteiger partial charge in [-0.2, -0.15) is 0 Å². The lowest BCUT2D eigenvalue weighted by atomic mass is 9.97. The van der Waals surface area contributed by atoms with Gasteiger partial charge in [0.05, 0.1) is 22.0 Å². The first-order chi connectivity index (χ1) is 20.5. The second-order valence-corrected chi connectivity index (χ2v) is 9.98. The summed E-state index contributed by atoms with van der Waals surface area (Å²) < 4.78 is 29.3. The van der Waals surface area contributed by atoms with E-state index in [2.05, 4.69) is 4.99 Å². The number of para-hydroxylation sites is 2. The zero-order valence-electron chi connectivity index (χ0n) is 23.6. The van der Waals surface area contributed by atoms with Crippen molar-refractivity contribution in [2.75, 3.05) is 6.61 Å². The molecule has 0 saturated carbocycles. The summed E-state index contributed by atoms with van der Waals surface area (Å²) in [5, 5.41) is 13.2. The second-order valence-electron chi connectivity index (χ2n) is 9.98. The largest absolute Gasteiger partial charge is 0.494 e. The Kier molecular flexibility index (Phi) is 8.00. The van der Waals surface area contributed by atoms with Crippen LogP contribution in [0.4, 0.5) is 0 Å². The fourth-order valence-electron chi connectivity index (χ4n) is 5.47. The molecule has 0 spiro atoms. The highest BCUT2D eigenvalue weighted by Gasteiger charge is 2.53. The van der Waals surface area contributed by atoms with Gasteiger partial charge in [0.15, 0.2) is 24.5 Å². The van der Waals surface area contributed by atoms with Gasteiger partial charge in [0, 0.05) is 38.3 Å². The van der Waals surface area contributed by atoms with Crippen LogP contribution >= 0.6 is 0 Å². The fraction of sp³-hybridized carbons (Fsp3) is 0.333. The van der Waals surface area contributed by atoms with Gasteiger partial charge in [-0.3, -0.25) is 28.5 Å². The lowest BCUT2D eigenvalue weighted by molar-refractivity contribution is -0.268. The molecule has 3 heterocycles. The highest BCUT2D eigenvalue weighted by molar-refractivity contribution is 6.25. The van der Waals surface area contributed by atoms with Crippen molar-refractivity contribution in [3.63, 3.8) is 0 Å². The van der Waals surface area contributed by atoms with Crippen molar-refractivity contribution in [3.05, 3.63) is 64.7 Å². The molecular formula is C30H28N2O11. The summed E-state index contributed by atoms with van der Waals surface area (Å²) in [6, 6.07) is 13.6. The maximum absolute atomic E-state index is 13.2. The van der Waals surface area contributed by atoms with Crippen LogP contribution in [-0.2, 0) is 47.7 Å². The highest BCUT2D eigenvalue weighted by atomic mass is 16.7. The van der Waals surface area contributed by atoms with E-state index in [1.165, 1.54) is 11.5 Å². The highest BCUT2D eigenvalue weighted by Crippen LogP contribution is 2.43. The average Bonchev–Trinajstić information content (AvgIpc) is 3.41. The van der Waals surface area contributed by atoms with E-state index in [1.54, 1.807) is 48.5 Å². The van der Waals surface area contributed by atoms with Crippen LogP contribution in [0.3, 0.4) is 0 Å². The van der Waals surface area contributed by atoms with Crippen molar-refractivity contribution in [2.45, 2.75) is 58.3 Å². The number of esters is 4. The molecule has 224 valence electrons. The molecule has 1 aromatic heterocycles. The number of nitrogens with zero attached hydrogens (tertiary/aromatic N) is 2. The third-order valence-electron chi connectivity index (χ3n) is 6.96. The van der Waals surface area contributed by atoms with E-state index < -0.39 is 72.9 Å². The van der Waals surface area contributed by atoms with Gasteiger partial charge in [-0.05, 0) is 12.1 Å². The van der Waals surface area contributed by atoms with Crippen molar-refractivity contribution in [1.82, 2.24) is 4.57 Å². The van der Waals surface area contributed by atoms with Crippen LogP contribution in [-0.4, -0.2) is 70.5 Å². The molecule has 13 nitrogen and oxygen atoms in total. The smallest absolute Gasteiger partial charge is 0.303 e. The van der Waals surface area contributed by atoms with Gasteiger partial charge < -0.3 is 28.8 Å². The van der Waals surface area contributed by atoms with Crippen molar-refractivity contribution < 1.29 is 52.8 Å². The van der Waals surface area contributed by atoms with Crippen LogP contribution in [0.5, 0.6) is 5.88 Å². The summed E-state index contributed by atoms with van der Waals surface area (Å²) in [5.74, 6) is -4.02. The Hall–Kier alpha value is -5.04. The quantitative estimate of drug-likeness (QED) is 0.306. The van der Waals surface area contributed by atoms with Crippen LogP contribution < -0.4 is 10.6 Å². The van der Waals surface area contributed by atoms with Gasteiger partial charge >= 0.3 is 23.9 Å². The van der Waals surface area contributed by atoms with Crippen LogP contribution in [0.2, 0.25) is 0 Å². The average molecular weight is 593 g/mol. The minimum absolute atomic E-state index is 0.147. The Morgan fingerprint density at radius 2 is 1.44 bits per heavy atom. The third kappa shape index (κ3) is 5.58. The second kappa shape index (κ2) is 11.7. The number of benzene rings is 2. The van der Waals surface area contributed by atoms with Crippen molar-refractivity contribution in [1.29, 1.82) is 0 Å². The summed E-state index contributed by atoms with van der Waals surface area (Å²) in [4.78, 5) is 65.7. The Morgan fingerprint density at radius 1 is 0.837 bits per heavy atom. The van der Waals surface area contributed by atoms with Gasteiger partial charge in [0.1, 0.15) is 12.7 Å². The molecule has 1 fully saturated rings. The molecule has 1 amide bonds. The number of fused-ring (bicyclic) bond motifs is 2. The van der Waals surface area contributed by atoms with Crippen LogP contribution in [0, 0.1) is 0 Å². The predicted octanol–water partition coefficient (Wildman–Crippen LogP) is 0.961. The summed E-state index contributed by atoms with van der Waals surface area (Å²) >= 11 is 0. The Bertz CT molecular complexity index is 1780. The molecule has 0 radical (unpaired) electrons. The molecular weight excluding hydrogens is 564 g/mol. The maximum Gasteiger partial charge on any atom is 0.303 e. The first kappa shape index (κ1) is 29.5. The number of aromatic hydroxyl groups is 1. The van der Waals surface area contributed by atoms with Gasteiger partial charge in [-0.25, -0.2) is 4.99 Å². The van der Waals surface area contributed by atoms with Gasteiger partial charge in [0.25, 0.3) is 5.91 Å². The lowest BCUT2D eigenvalue weighted by Gasteiger charge is -2.45. The SMILES string of the molecule is CC(=O)OCC1OC(n2c(O)c(C3=c4ccccc4=NC3=O)c3ccccc32)C(OC(C)=O)C(OC(C)=O)C1OC(C)=O. The number of carbonyl (C=O) groups is 5. The van der Waals surface area contributed by atoms with Crippen molar-refractivity contribution in [2.24, 2.45) is 4.99 Å². The zero-order valence-corrected chi connectivity index (χ0v) is 23.6. The Balaban J connectivity index is 1.76. The molecule has 13 heteroatoms. The molecule has 2 aliphatic rings. The number of carbonyl (C=O) groups excluding carboxylic acids is 5. The zero-order chi connectivity index (χ0) is 31.0. The normalized spacial score (nSPS) is 22.8. The van der Waals surface area contributed by atoms with Gasteiger partial charge in [-0.15, -0.1) is 0 Å². The van der Waals surface area contributed by atoms with E-state index in [0.29, 0.717) is 21.5 Å². The number of ether oxygens (including phenoxy) is 5. The minimum Gasteiger partial charge on any atom is -0.494 e. The molecule has 5 atom stereocenters. The lowest BCUT2D eigenvalue weighted by Crippen LogP contribution is -2.60. The first-order valence-corrected chi connectivity index (χ1v) is 13.3. The molecule has 0 bridgehead atoms. The first-order valence-electron chi connectivity index (χ1n) is 13.3. The standard InChI is InChI=1S/C30H28N2O11/c1-14(33)39-13-22-25(40-15(2)34)26(41-16(3)35)27(42-17(4)36)30(43-22)32-21-12-8-6-10-19(21)24(29(32)38)23-18-9-5-7-11-20(18)31-28(23)37/h5-12,22,25-27,30,38H,13H2,1-4H3. The predicted molar refractivity (Wildman–Crippen MR) is 146 cm³/mol. The molecule has 1 saturated heterocycles. The molecule has 3 aromatic rings. The fourth-order valence-corrected chi connectivity index (χ4v) is 5.47. The number of amides is 1. The molecule has 0 aliphatic carbocycles. The van der Waals surface area contributed by atoms with Gasteiger partial charge in [0.2, 0.25) is 5.88 Å². The maximum atomic E-state index is 13.2. The number of aromatic nitrogens is 1. The summed E-state index contributed by atoms with van der Waals surface area (Å²) in [6.07, 6.45) is -6.97. The van der Waals surface area contributed by atoms with Crippen LogP contribution in [0.25, 0.3) is 16.5 Å².